The molecule has 0 saturated carbocycles. The normalized spacial score (nSPS) is 19.7. The SMILES string of the molecule is c1ccc(CN2CCC3(CCNCC3)Oc3ccccc32)cc1. The van der Waals surface area contributed by atoms with Crippen LogP contribution in [0.1, 0.15) is 24.8 Å². The largest absolute Gasteiger partial charge is 0.485 e. The maximum absolute atomic E-state index is 6.57. The van der Waals surface area contributed by atoms with Crippen LogP contribution in [-0.2, 0) is 6.54 Å². The molecule has 2 aromatic carbocycles. The summed E-state index contributed by atoms with van der Waals surface area (Å²) in [5, 5.41) is 3.46. The van der Waals surface area contributed by atoms with E-state index in [0.29, 0.717) is 0 Å². The summed E-state index contributed by atoms with van der Waals surface area (Å²) in [4.78, 5) is 2.47. The molecule has 2 aromatic rings. The van der Waals surface area contributed by atoms with Gasteiger partial charge in [-0.3, -0.25) is 0 Å². The second-order valence-electron chi connectivity index (χ2n) is 6.66. The zero-order valence-corrected chi connectivity index (χ0v) is 13.5. The van der Waals surface area contributed by atoms with Gasteiger partial charge in [-0.15, -0.1) is 0 Å². The molecule has 3 nitrogen and oxygen atoms in total. The fraction of sp³-hybridized carbons (Fsp3) is 0.400. The third-order valence-electron chi connectivity index (χ3n) is 5.10. The van der Waals surface area contributed by atoms with E-state index in [4.69, 9.17) is 4.74 Å². The van der Waals surface area contributed by atoms with E-state index in [0.717, 1.165) is 51.2 Å². The van der Waals surface area contributed by atoms with E-state index in [1.54, 1.807) is 0 Å². The van der Waals surface area contributed by atoms with Gasteiger partial charge in [0.15, 0.2) is 0 Å². The van der Waals surface area contributed by atoms with Crippen molar-refractivity contribution in [3.63, 3.8) is 0 Å². The standard InChI is InChI=1S/C20H24N2O/c1-2-6-17(7-3-1)16-22-15-12-20(10-13-21-14-11-20)23-19-9-5-4-8-18(19)22/h1-9,21H,10-16H2. The number of rotatable bonds is 2. The second-order valence-corrected chi connectivity index (χ2v) is 6.66. The van der Waals surface area contributed by atoms with Gasteiger partial charge in [-0.25, -0.2) is 0 Å². The lowest BCUT2D eigenvalue weighted by atomic mass is 9.88. The molecule has 0 atom stereocenters. The smallest absolute Gasteiger partial charge is 0.143 e. The molecule has 0 unspecified atom stereocenters. The Labute approximate surface area is 138 Å². The lowest BCUT2D eigenvalue weighted by molar-refractivity contribution is 0.0350. The molecule has 3 heteroatoms. The van der Waals surface area contributed by atoms with Crippen LogP contribution in [-0.4, -0.2) is 25.2 Å². The highest BCUT2D eigenvalue weighted by molar-refractivity contribution is 5.59. The molecule has 0 aromatic heterocycles. The average molecular weight is 308 g/mol. The molecular weight excluding hydrogens is 284 g/mol. The van der Waals surface area contributed by atoms with Crippen LogP contribution >= 0.6 is 0 Å². The minimum Gasteiger partial charge on any atom is -0.485 e. The summed E-state index contributed by atoms with van der Waals surface area (Å²) in [6.07, 6.45) is 3.29. The molecule has 1 saturated heterocycles. The molecular formula is C20H24N2O. The van der Waals surface area contributed by atoms with Crippen LogP contribution in [0.25, 0.3) is 0 Å². The van der Waals surface area contributed by atoms with Crippen molar-refractivity contribution >= 4 is 5.69 Å². The van der Waals surface area contributed by atoms with Gasteiger partial charge in [0.1, 0.15) is 11.4 Å². The Hall–Kier alpha value is -2.00. The third kappa shape index (κ3) is 3.06. The summed E-state index contributed by atoms with van der Waals surface area (Å²) in [6.45, 7) is 4.10. The number of piperidine rings is 1. The van der Waals surface area contributed by atoms with Gasteiger partial charge in [-0.2, -0.15) is 0 Å². The average Bonchev–Trinajstić information content (AvgIpc) is 2.74. The Morgan fingerprint density at radius 3 is 2.48 bits per heavy atom. The summed E-state index contributed by atoms with van der Waals surface area (Å²) < 4.78 is 6.57. The number of fused-ring (bicyclic) bond motifs is 1. The molecule has 1 N–H and O–H groups in total. The highest BCUT2D eigenvalue weighted by Gasteiger charge is 2.37. The summed E-state index contributed by atoms with van der Waals surface area (Å²) in [7, 11) is 0. The molecule has 120 valence electrons. The van der Waals surface area contributed by atoms with Crippen LogP contribution in [0.15, 0.2) is 54.6 Å². The number of nitrogens with one attached hydrogen (secondary N) is 1. The fourth-order valence-electron chi connectivity index (χ4n) is 3.75. The van der Waals surface area contributed by atoms with Crippen LogP contribution in [0, 0.1) is 0 Å². The Morgan fingerprint density at radius 2 is 1.65 bits per heavy atom. The zero-order chi connectivity index (χ0) is 15.5. The van der Waals surface area contributed by atoms with Crippen molar-refractivity contribution in [2.75, 3.05) is 24.5 Å². The molecule has 1 fully saturated rings. The van der Waals surface area contributed by atoms with Crippen molar-refractivity contribution in [3.8, 4) is 5.75 Å². The number of ether oxygens (including phenoxy) is 1. The summed E-state index contributed by atoms with van der Waals surface area (Å²) in [5.74, 6) is 1.04. The van der Waals surface area contributed by atoms with Gasteiger partial charge in [0.25, 0.3) is 0 Å². The van der Waals surface area contributed by atoms with Gasteiger partial charge < -0.3 is 15.0 Å². The van der Waals surface area contributed by atoms with Gasteiger partial charge in [-0.1, -0.05) is 42.5 Å². The van der Waals surface area contributed by atoms with Gasteiger partial charge in [-0.05, 0) is 43.6 Å². The van der Waals surface area contributed by atoms with E-state index in [9.17, 15) is 0 Å². The fourth-order valence-corrected chi connectivity index (χ4v) is 3.75. The molecule has 1 spiro atoms. The van der Waals surface area contributed by atoms with Crippen molar-refractivity contribution < 1.29 is 4.74 Å². The molecule has 0 aliphatic carbocycles. The maximum Gasteiger partial charge on any atom is 0.143 e. The van der Waals surface area contributed by atoms with Crippen LogP contribution in [0.3, 0.4) is 0 Å². The first-order chi connectivity index (χ1) is 11.3. The van der Waals surface area contributed by atoms with Crippen LogP contribution in [0.5, 0.6) is 5.75 Å². The molecule has 0 bridgehead atoms. The van der Waals surface area contributed by atoms with Gasteiger partial charge in [0.2, 0.25) is 0 Å². The predicted molar refractivity (Wildman–Crippen MR) is 94.0 cm³/mol. The molecule has 4 rings (SSSR count). The maximum atomic E-state index is 6.57. The first-order valence-electron chi connectivity index (χ1n) is 8.62. The van der Waals surface area contributed by atoms with Crippen molar-refractivity contribution in [2.45, 2.75) is 31.4 Å². The molecule has 23 heavy (non-hydrogen) atoms. The number of hydrogen-bond donors (Lipinski definition) is 1. The van der Waals surface area contributed by atoms with E-state index >= 15 is 0 Å². The van der Waals surface area contributed by atoms with Gasteiger partial charge in [0.05, 0.1) is 5.69 Å². The number of hydrogen-bond acceptors (Lipinski definition) is 3. The van der Waals surface area contributed by atoms with Crippen LogP contribution in [0.2, 0.25) is 0 Å². The van der Waals surface area contributed by atoms with E-state index in [1.165, 1.54) is 11.3 Å². The third-order valence-corrected chi connectivity index (χ3v) is 5.10. The number of anilines is 1. The Balaban J connectivity index is 1.64. The monoisotopic (exact) mass is 308 g/mol. The Morgan fingerprint density at radius 1 is 0.913 bits per heavy atom. The predicted octanol–water partition coefficient (Wildman–Crippen LogP) is 3.60. The molecule has 2 aliphatic heterocycles. The lowest BCUT2D eigenvalue weighted by Crippen LogP contribution is -2.47. The van der Waals surface area contributed by atoms with Crippen LogP contribution in [0.4, 0.5) is 5.69 Å². The summed E-state index contributed by atoms with van der Waals surface area (Å²) in [5.41, 5.74) is 2.59. The van der Waals surface area contributed by atoms with E-state index in [-0.39, 0.29) is 5.60 Å². The Bertz CT molecular complexity index is 650. The molecule has 2 aliphatic rings. The highest BCUT2D eigenvalue weighted by Crippen LogP contribution is 2.39. The van der Waals surface area contributed by atoms with Crippen LogP contribution < -0.4 is 15.0 Å². The minimum atomic E-state index is 0.00674. The number of nitrogens with zero attached hydrogens (tertiary/aromatic N) is 1. The highest BCUT2D eigenvalue weighted by atomic mass is 16.5. The Kier molecular flexibility index (Phi) is 3.96. The van der Waals surface area contributed by atoms with E-state index < -0.39 is 0 Å². The first-order valence-corrected chi connectivity index (χ1v) is 8.62. The van der Waals surface area contributed by atoms with Crippen molar-refractivity contribution in [3.05, 3.63) is 60.2 Å². The number of para-hydroxylation sites is 2. The van der Waals surface area contributed by atoms with Gasteiger partial charge in [0, 0.05) is 19.5 Å². The second kappa shape index (κ2) is 6.25. The topological polar surface area (TPSA) is 24.5 Å². The molecule has 2 heterocycles. The minimum absolute atomic E-state index is 0.00674. The van der Waals surface area contributed by atoms with Crippen molar-refractivity contribution in [2.24, 2.45) is 0 Å². The lowest BCUT2D eigenvalue weighted by Gasteiger charge is -2.37. The van der Waals surface area contributed by atoms with E-state index in [1.807, 2.05) is 0 Å². The van der Waals surface area contributed by atoms with Crippen molar-refractivity contribution in [1.29, 1.82) is 0 Å². The number of benzene rings is 2. The zero-order valence-electron chi connectivity index (χ0n) is 13.5. The summed E-state index contributed by atoms with van der Waals surface area (Å²) in [6, 6.07) is 19.2. The first kappa shape index (κ1) is 14.6. The van der Waals surface area contributed by atoms with E-state index in [2.05, 4.69) is 64.8 Å². The quantitative estimate of drug-likeness (QED) is 0.917. The summed E-state index contributed by atoms with van der Waals surface area (Å²) >= 11 is 0. The van der Waals surface area contributed by atoms with Crippen molar-refractivity contribution in [1.82, 2.24) is 5.32 Å². The molecule has 0 radical (unpaired) electrons. The molecule has 0 amide bonds. The van der Waals surface area contributed by atoms with Gasteiger partial charge >= 0.3 is 0 Å².